The van der Waals surface area contributed by atoms with Crippen LogP contribution in [0.2, 0.25) is 0 Å². The molecule has 0 radical (unpaired) electrons. The lowest BCUT2D eigenvalue weighted by Crippen LogP contribution is -2.29. The molecule has 0 spiro atoms. The maximum Gasteiger partial charge on any atom is 0.272 e. The van der Waals surface area contributed by atoms with Crippen LogP contribution >= 0.6 is 0 Å². The number of pyridine rings is 1. The van der Waals surface area contributed by atoms with Crippen molar-refractivity contribution in [3.05, 3.63) is 89.8 Å². The van der Waals surface area contributed by atoms with E-state index in [4.69, 9.17) is 0 Å². The summed E-state index contributed by atoms with van der Waals surface area (Å²) in [4.78, 5) is 19.3. The Morgan fingerprint density at radius 1 is 1.09 bits per heavy atom. The second-order valence-electron chi connectivity index (χ2n) is 8.12. The van der Waals surface area contributed by atoms with E-state index < -0.39 is 18.0 Å². The molecule has 1 amide bonds. The normalized spacial score (nSPS) is 15.8. The molecular weight excluding hydrogens is 426 g/mol. The average molecular weight is 448 g/mol. The number of carbonyl (C=O) groups excluding carboxylic acids is 1. The number of aliphatic hydroxyl groups is 1. The summed E-state index contributed by atoms with van der Waals surface area (Å²) in [6.07, 6.45) is 2.60. The molecule has 0 bridgehead atoms. The van der Waals surface area contributed by atoms with Crippen LogP contribution in [0.4, 0.5) is 20.3 Å². The van der Waals surface area contributed by atoms with Gasteiger partial charge in [-0.25, -0.2) is 13.8 Å². The van der Waals surface area contributed by atoms with E-state index in [0.29, 0.717) is 40.1 Å². The summed E-state index contributed by atoms with van der Waals surface area (Å²) < 4.78 is 29.3. The first-order valence-electron chi connectivity index (χ1n) is 10.7. The molecule has 2 aromatic heterocycles. The van der Waals surface area contributed by atoms with Gasteiger partial charge in [-0.3, -0.25) is 4.79 Å². The summed E-state index contributed by atoms with van der Waals surface area (Å²) in [6, 6.07) is 15.6. The highest BCUT2D eigenvalue weighted by Crippen LogP contribution is 2.25. The molecule has 2 aromatic carbocycles. The number of nitrogens with one attached hydrogen (secondary N) is 1. The Kier molecular flexibility index (Phi) is 5.51. The average Bonchev–Trinajstić information content (AvgIpc) is 3.37. The zero-order valence-electron chi connectivity index (χ0n) is 17.7. The van der Waals surface area contributed by atoms with Gasteiger partial charge in [0.05, 0.1) is 11.9 Å². The Hall–Kier alpha value is -3.78. The van der Waals surface area contributed by atoms with Gasteiger partial charge >= 0.3 is 0 Å². The van der Waals surface area contributed by atoms with Crippen LogP contribution in [0.3, 0.4) is 0 Å². The van der Waals surface area contributed by atoms with Crippen molar-refractivity contribution in [1.29, 1.82) is 0 Å². The Morgan fingerprint density at radius 2 is 1.94 bits per heavy atom. The summed E-state index contributed by atoms with van der Waals surface area (Å²) in [5.74, 6) is -0.510. The number of carbonyl (C=O) groups is 1. The van der Waals surface area contributed by atoms with Gasteiger partial charge in [-0.05, 0) is 66.9 Å². The van der Waals surface area contributed by atoms with Crippen molar-refractivity contribution in [2.45, 2.75) is 25.6 Å². The van der Waals surface area contributed by atoms with Gasteiger partial charge in [0.15, 0.2) is 0 Å². The predicted molar refractivity (Wildman–Crippen MR) is 122 cm³/mol. The molecule has 0 saturated carbocycles. The molecule has 1 atom stereocenters. The molecule has 5 rings (SSSR count). The van der Waals surface area contributed by atoms with E-state index in [2.05, 4.69) is 10.3 Å². The SMILES string of the molecule is O=C(Nc1ccc(N2CCCC2O)nc1)c1cc2cc(F)ccc2n1Cc1cccc(F)c1. The number of fused-ring (bicyclic) bond motifs is 1. The van der Waals surface area contributed by atoms with Gasteiger partial charge in [0.1, 0.15) is 29.4 Å². The number of anilines is 2. The van der Waals surface area contributed by atoms with Crippen LogP contribution in [0.25, 0.3) is 10.9 Å². The van der Waals surface area contributed by atoms with E-state index >= 15 is 0 Å². The number of amides is 1. The molecule has 168 valence electrons. The maximum atomic E-state index is 13.8. The Labute approximate surface area is 189 Å². The third-order valence-electron chi connectivity index (χ3n) is 5.85. The Balaban J connectivity index is 1.44. The fourth-order valence-electron chi connectivity index (χ4n) is 4.26. The summed E-state index contributed by atoms with van der Waals surface area (Å²) in [5, 5.41) is 13.4. The zero-order chi connectivity index (χ0) is 22.9. The summed E-state index contributed by atoms with van der Waals surface area (Å²) in [6.45, 7) is 0.982. The van der Waals surface area contributed by atoms with Gasteiger partial charge < -0.3 is 19.9 Å². The van der Waals surface area contributed by atoms with Crippen LogP contribution in [0.5, 0.6) is 0 Å². The number of hydrogen-bond acceptors (Lipinski definition) is 4. The van der Waals surface area contributed by atoms with Crippen LogP contribution in [0.1, 0.15) is 28.9 Å². The third kappa shape index (κ3) is 4.29. The lowest BCUT2D eigenvalue weighted by molar-refractivity contribution is 0.101. The van der Waals surface area contributed by atoms with Crippen molar-refractivity contribution in [2.75, 3.05) is 16.8 Å². The van der Waals surface area contributed by atoms with Crippen molar-refractivity contribution in [3.8, 4) is 0 Å². The second-order valence-corrected chi connectivity index (χ2v) is 8.12. The molecule has 4 aromatic rings. The summed E-state index contributed by atoms with van der Waals surface area (Å²) in [5.41, 5.74) is 2.16. The number of nitrogens with zero attached hydrogens (tertiary/aromatic N) is 3. The molecule has 0 aliphatic carbocycles. The molecule has 1 aliphatic heterocycles. The van der Waals surface area contributed by atoms with Crippen LogP contribution in [0.15, 0.2) is 66.9 Å². The predicted octanol–water partition coefficient (Wildman–Crippen LogP) is 4.53. The number of benzene rings is 2. The van der Waals surface area contributed by atoms with E-state index in [1.807, 2.05) is 4.90 Å². The highest BCUT2D eigenvalue weighted by molar-refractivity contribution is 6.06. The molecule has 33 heavy (non-hydrogen) atoms. The fraction of sp³-hybridized carbons (Fsp3) is 0.200. The molecule has 3 heterocycles. The van der Waals surface area contributed by atoms with Crippen molar-refractivity contribution in [3.63, 3.8) is 0 Å². The Morgan fingerprint density at radius 3 is 2.67 bits per heavy atom. The van der Waals surface area contributed by atoms with Gasteiger partial charge in [-0.1, -0.05) is 12.1 Å². The van der Waals surface area contributed by atoms with Gasteiger partial charge in [0, 0.05) is 24.0 Å². The van der Waals surface area contributed by atoms with Crippen LogP contribution in [-0.4, -0.2) is 33.3 Å². The molecule has 1 saturated heterocycles. The molecule has 1 aliphatic rings. The largest absolute Gasteiger partial charge is 0.374 e. The fourth-order valence-corrected chi connectivity index (χ4v) is 4.26. The molecule has 6 nitrogen and oxygen atoms in total. The van der Waals surface area contributed by atoms with Crippen molar-refractivity contribution < 1.29 is 18.7 Å². The van der Waals surface area contributed by atoms with Gasteiger partial charge in [0.25, 0.3) is 5.91 Å². The lowest BCUT2D eigenvalue weighted by atomic mass is 10.2. The highest BCUT2D eigenvalue weighted by atomic mass is 19.1. The van der Waals surface area contributed by atoms with E-state index in [0.717, 1.165) is 13.0 Å². The standard InChI is InChI=1S/C25H22F2N4O2/c26-18-4-1-3-16(11-18)15-31-21-8-6-19(27)12-17(21)13-22(31)25(33)29-20-7-9-23(28-14-20)30-10-2-5-24(30)32/h1,3-4,6-9,11-14,24,32H,2,5,10,15H2,(H,29,33). The van der Waals surface area contributed by atoms with Crippen LogP contribution < -0.4 is 10.2 Å². The first kappa shape index (κ1) is 21.1. The number of aromatic nitrogens is 2. The number of halogens is 2. The second kappa shape index (κ2) is 8.63. The molecule has 1 fully saturated rings. The van der Waals surface area contributed by atoms with Gasteiger partial charge in [-0.2, -0.15) is 0 Å². The minimum absolute atomic E-state index is 0.250. The number of rotatable bonds is 5. The zero-order valence-corrected chi connectivity index (χ0v) is 17.7. The molecule has 8 heteroatoms. The lowest BCUT2D eigenvalue weighted by Gasteiger charge is -2.21. The smallest absolute Gasteiger partial charge is 0.272 e. The van der Waals surface area contributed by atoms with E-state index in [1.54, 1.807) is 41.0 Å². The molecular formula is C25H22F2N4O2. The van der Waals surface area contributed by atoms with Crippen molar-refractivity contribution >= 4 is 28.3 Å². The van der Waals surface area contributed by atoms with Crippen LogP contribution in [-0.2, 0) is 6.54 Å². The third-order valence-corrected chi connectivity index (χ3v) is 5.85. The van der Waals surface area contributed by atoms with Crippen LogP contribution in [0, 0.1) is 11.6 Å². The Bertz CT molecular complexity index is 1320. The van der Waals surface area contributed by atoms with E-state index in [-0.39, 0.29) is 12.4 Å². The topological polar surface area (TPSA) is 70.4 Å². The summed E-state index contributed by atoms with van der Waals surface area (Å²) in [7, 11) is 0. The number of aliphatic hydroxyl groups excluding tert-OH is 1. The van der Waals surface area contributed by atoms with Gasteiger partial charge in [0.2, 0.25) is 0 Å². The molecule has 2 N–H and O–H groups in total. The van der Waals surface area contributed by atoms with Crippen molar-refractivity contribution in [2.24, 2.45) is 0 Å². The quantitative estimate of drug-likeness (QED) is 0.471. The first-order chi connectivity index (χ1) is 16.0. The van der Waals surface area contributed by atoms with Gasteiger partial charge in [-0.15, -0.1) is 0 Å². The van der Waals surface area contributed by atoms with E-state index in [9.17, 15) is 18.7 Å². The summed E-state index contributed by atoms with van der Waals surface area (Å²) >= 11 is 0. The van der Waals surface area contributed by atoms with E-state index in [1.165, 1.54) is 30.5 Å². The first-order valence-corrected chi connectivity index (χ1v) is 10.7. The van der Waals surface area contributed by atoms with Crippen molar-refractivity contribution in [1.82, 2.24) is 9.55 Å². The minimum Gasteiger partial charge on any atom is -0.374 e. The minimum atomic E-state index is -0.545. The maximum absolute atomic E-state index is 13.8. The number of hydrogen-bond donors (Lipinski definition) is 2. The molecule has 1 unspecified atom stereocenters. The monoisotopic (exact) mass is 448 g/mol. The highest BCUT2D eigenvalue weighted by Gasteiger charge is 2.23.